The predicted molar refractivity (Wildman–Crippen MR) is 94.5 cm³/mol. The van der Waals surface area contributed by atoms with E-state index < -0.39 is 0 Å². The molecule has 1 aromatic heterocycles. The number of carbonyl (C=O) groups is 1. The van der Waals surface area contributed by atoms with E-state index >= 15 is 0 Å². The SMILES string of the molecule is CN(C[C@@H]1CCCCN1C)C(=O)c1coc(COc2ccccc2)n1. The van der Waals surface area contributed by atoms with Gasteiger partial charge in [0.25, 0.3) is 5.91 Å². The molecule has 1 atom stereocenters. The van der Waals surface area contributed by atoms with Gasteiger partial charge in [0, 0.05) is 19.6 Å². The molecule has 6 heteroatoms. The van der Waals surface area contributed by atoms with Crippen LogP contribution in [-0.4, -0.2) is 53.9 Å². The number of hydrogen-bond donors (Lipinski definition) is 0. The van der Waals surface area contributed by atoms with Gasteiger partial charge in [0.2, 0.25) is 5.89 Å². The Bertz CT molecular complexity index is 686. The van der Waals surface area contributed by atoms with Crippen molar-refractivity contribution in [3.05, 3.63) is 48.2 Å². The Morgan fingerprint density at radius 1 is 1.36 bits per heavy atom. The Labute approximate surface area is 148 Å². The monoisotopic (exact) mass is 343 g/mol. The van der Waals surface area contributed by atoms with Gasteiger partial charge in [0.1, 0.15) is 12.0 Å². The van der Waals surface area contributed by atoms with Crippen LogP contribution in [0.1, 0.15) is 35.6 Å². The van der Waals surface area contributed by atoms with Gasteiger partial charge >= 0.3 is 0 Å². The summed E-state index contributed by atoms with van der Waals surface area (Å²) >= 11 is 0. The number of likely N-dealkylation sites (N-methyl/N-ethyl adjacent to an activating group) is 2. The zero-order valence-corrected chi connectivity index (χ0v) is 14.9. The maximum Gasteiger partial charge on any atom is 0.275 e. The van der Waals surface area contributed by atoms with Gasteiger partial charge in [-0.2, -0.15) is 0 Å². The number of aromatic nitrogens is 1. The second-order valence-electron chi connectivity index (χ2n) is 6.54. The fourth-order valence-electron chi connectivity index (χ4n) is 3.11. The van der Waals surface area contributed by atoms with Gasteiger partial charge in [-0.05, 0) is 38.6 Å². The number of carbonyl (C=O) groups excluding carboxylic acids is 1. The largest absolute Gasteiger partial charge is 0.484 e. The minimum atomic E-state index is -0.117. The van der Waals surface area contributed by atoms with Gasteiger partial charge in [-0.3, -0.25) is 4.79 Å². The number of likely N-dealkylation sites (tertiary alicyclic amines) is 1. The van der Waals surface area contributed by atoms with Crippen molar-refractivity contribution in [2.75, 3.05) is 27.2 Å². The maximum atomic E-state index is 12.6. The fraction of sp³-hybridized carbons (Fsp3) is 0.474. The van der Waals surface area contributed by atoms with Crippen LogP contribution in [0.5, 0.6) is 5.75 Å². The molecule has 0 spiro atoms. The highest BCUT2D eigenvalue weighted by molar-refractivity contribution is 5.91. The van der Waals surface area contributed by atoms with Crippen LogP contribution in [0.15, 0.2) is 41.0 Å². The average Bonchev–Trinajstić information content (AvgIpc) is 3.11. The molecular weight excluding hydrogens is 318 g/mol. The molecule has 1 fully saturated rings. The lowest BCUT2D eigenvalue weighted by molar-refractivity contribution is 0.0711. The van der Waals surface area contributed by atoms with Crippen LogP contribution >= 0.6 is 0 Å². The second kappa shape index (κ2) is 8.16. The number of oxazole rings is 1. The molecule has 2 aromatic rings. The van der Waals surface area contributed by atoms with Crippen molar-refractivity contribution in [3.63, 3.8) is 0 Å². The minimum absolute atomic E-state index is 0.117. The zero-order chi connectivity index (χ0) is 17.6. The number of hydrogen-bond acceptors (Lipinski definition) is 5. The van der Waals surface area contributed by atoms with Gasteiger partial charge in [0.05, 0.1) is 0 Å². The van der Waals surface area contributed by atoms with E-state index in [-0.39, 0.29) is 12.5 Å². The summed E-state index contributed by atoms with van der Waals surface area (Å²) in [6, 6.07) is 9.87. The van der Waals surface area contributed by atoms with Crippen LogP contribution in [0.3, 0.4) is 0 Å². The highest BCUT2D eigenvalue weighted by Crippen LogP contribution is 2.17. The zero-order valence-electron chi connectivity index (χ0n) is 14.9. The summed E-state index contributed by atoms with van der Waals surface area (Å²) in [5, 5.41) is 0. The summed E-state index contributed by atoms with van der Waals surface area (Å²) in [6.07, 6.45) is 5.00. The molecule has 1 aliphatic heterocycles. The Kier molecular flexibility index (Phi) is 5.71. The summed E-state index contributed by atoms with van der Waals surface area (Å²) in [4.78, 5) is 20.9. The number of ether oxygens (including phenoxy) is 1. The molecule has 1 saturated heterocycles. The number of piperidine rings is 1. The molecule has 1 aliphatic rings. The van der Waals surface area contributed by atoms with Crippen LogP contribution < -0.4 is 4.74 Å². The quantitative estimate of drug-likeness (QED) is 0.807. The third-order valence-electron chi connectivity index (χ3n) is 4.63. The Balaban J connectivity index is 1.54. The highest BCUT2D eigenvalue weighted by atomic mass is 16.5. The van der Waals surface area contributed by atoms with Gasteiger partial charge < -0.3 is 19.0 Å². The molecule has 0 N–H and O–H groups in total. The van der Waals surface area contributed by atoms with E-state index in [1.807, 2.05) is 37.4 Å². The molecule has 0 radical (unpaired) electrons. The number of para-hydroxylation sites is 1. The molecule has 25 heavy (non-hydrogen) atoms. The average molecular weight is 343 g/mol. The maximum absolute atomic E-state index is 12.6. The minimum Gasteiger partial charge on any atom is -0.484 e. The number of amides is 1. The van der Waals surface area contributed by atoms with E-state index in [1.54, 1.807) is 4.90 Å². The molecule has 2 heterocycles. The summed E-state index contributed by atoms with van der Waals surface area (Å²) < 4.78 is 11.0. The van der Waals surface area contributed by atoms with E-state index in [2.05, 4.69) is 16.9 Å². The van der Waals surface area contributed by atoms with E-state index in [0.29, 0.717) is 24.2 Å². The van der Waals surface area contributed by atoms with Crippen molar-refractivity contribution in [3.8, 4) is 5.75 Å². The molecule has 0 unspecified atom stereocenters. The van der Waals surface area contributed by atoms with Crippen molar-refractivity contribution < 1.29 is 13.9 Å². The standard InChI is InChI=1S/C19H25N3O3/c1-21-11-7-6-8-15(21)12-22(2)19(23)17-13-25-18(20-17)14-24-16-9-4-3-5-10-16/h3-5,9-10,13,15H,6-8,11-12,14H2,1-2H3/t15-/m0/s1. The first-order valence-corrected chi connectivity index (χ1v) is 8.71. The van der Waals surface area contributed by atoms with Gasteiger partial charge in [-0.25, -0.2) is 4.98 Å². The summed E-state index contributed by atoms with van der Waals surface area (Å²) in [7, 11) is 3.94. The fourth-order valence-corrected chi connectivity index (χ4v) is 3.11. The third kappa shape index (κ3) is 4.60. The molecule has 3 rings (SSSR count). The predicted octanol–water partition coefficient (Wildman–Crippen LogP) is 2.81. The van der Waals surface area contributed by atoms with Crippen molar-refractivity contribution in [1.82, 2.24) is 14.8 Å². The second-order valence-corrected chi connectivity index (χ2v) is 6.54. The van der Waals surface area contributed by atoms with E-state index in [4.69, 9.17) is 9.15 Å². The van der Waals surface area contributed by atoms with Crippen LogP contribution in [0.2, 0.25) is 0 Å². The van der Waals surface area contributed by atoms with Gasteiger partial charge in [0.15, 0.2) is 12.3 Å². The topological polar surface area (TPSA) is 58.8 Å². The van der Waals surface area contributed by atoms with Crippen LogP contribution in [0, 0.1) is 0 Å². The Morgan fingerprint density at radius 3 is 2.92 bits per heavy atom. The molecule has 0 saturated carbocycles. The summed E-state index contributed by atoms with van der Waals surface area (Å²) in [5.41, 5.74) is 0.327. The smallest absolute Gasteiger partial charge is 0.275 e. The third-order valence-corrected chi connectivity index (χ3v) is 4.63. The van der Waals surface area contributed by atoms with Crippen LogP contribution in [0.4, 0.5) is 0 Å². The first-order valence-electron chi connectivity index (χ1n) is 8.71. The lowest BCUT2D eigenvalue weighted by Crippen LogP contribution is -2.45. The Hall–Kier alpha value is -2.34. The molecule has 1 aromatic carbocycles. The first-order chi connectivity index (χ1) is 12.1. The van der Waals surface area contributed by atoms with Crippen molar-refractivity contribution in [2.45, 2.75) is 31.9 Å². The molecule has 6 nitrogen and oxygen atoms in total. The van der Waals surface area contributed by atoms with E-state index in [1.165, 1.54) is 19.1 Å². The number of rotatable bonds is 6. The first kappa shape index (κ1) is 17.5. The molecule has 134 valence electrons. The van der Waals surface area contributed by atoms with Crippen LogP contribution in [-0.2, 0) is 6.61 Å². The molecule has 0 bridgehead atoms. The lowest BCUT2D eigenvalue weighted by atomic mass is 10.0. The summed E-state index contributed by atoms with van der Waals surface area (Å²) in [5.74, 6) is 1.02. The number of nitrogens with zero attached hydrogens (tertiary/aromatic N) is 3. The number of benzene rings is 1. The van der Waals surface area contributed by atoms with Crippen LogP contribution in [0.25, 0.3) is 0 Å². The summed E-state index contributed by atoms with van der Waals surface area (Å²) in [6.45, 7) is 2.00. The van der Waals surface area contributed by atoms with Gasteiger partial charge in [-0.1, -0.05) is 24.6 Å². The van der Waals surface area contributed by atoms with Crippen molar-refractivity contribution in [2.24, 2.45) is 0 Å². The van der Waals surface area contributed by atoms with E-state index in [9.17, 15) is 4.79 Å². The molecular formula is C19H25N3O3. The molecule has 0 aliphatic carbocycles. The van der Waals surface area contributed by atoms with E-state index in [0.717, 1.165) is 18.7 Å². The van der Waals surface area contributed by atoms with Crippen molar-refractivity contribution >= 4 is 5.91 Å². The van der Waals surface area contributed by atoms with Gasteiger partial charge in [-0.15, -0.1) is 0 Å². The Morgan fingerprint density at radius 2 is 2.16 bits per heavy atom. The normalized spacial score (nSPS) is 18.1. The lowest BCUT2D eigenvalue weighted by Gasteiger charge is -2.34. The molecule has 1 amide bonds. The van der Waals surface area contributed by atoms with Crippen molar-refractivity contribution in [1.29, 1.82) is 0 Å². The highest BCUT2D eigenvalue weighted by Gasteiger charge is 2.24.